The number of aromatic nitrogens is 2. The van der Waals surface area contributed by atoms with Crippen LogP contribution >= 0.6 is 0 Å². The third kappa shape index (κ3) is 1.69. The first-order chi connectivity index (χ1) is 10.3. The van der Waals surface area contributed by atoms with Crippen LogP contribution in [-0.2, 0) is 7.05 Å². The maximum Gasteiger partial charge on any atom is 0.214 e. The van der Waals surface area contributed by atoms with Crippen molar-refractivity contribution in [2.24, 2.45) is 7.05 Å². The molecule has 3 heterocycles. The Labute approximate surface area is 123 Å². The monoisotopic (exact) mass is 273 g/mol. The molecule has 3 aromatic heterocycles. The van der Waals surface area contributed by atoms with Crippen LogP contribution in [0.5, 0.6) is 0 Å². The van der Waals surface area contributed by atoms with E-state index in [0.29, 0.717) is 0 Å². The topological polar surface area (TPSA) is 8.29 Å². The maximum absolute atomic E-state index is 2.30. The summed E-state index contributed by atoms with van der Waals surface area (Å²) in [6, 6.07) is 19.3. The number of aryl methyl sites for hydroxylation is 2. The largest absolute Gasteiger partial charge is 0.315 e. The molecule has 4 rings (SSSR count). The first-order valence-corrected chi connectivity index (χ1v) is 7.21. The van der Waals surface area contributed by atoms with Crippen LogP contribution in [0, 0.1) is 6.92 Å². The van der Waals surface area contributed by atoms with E-state index in [1.54, 1.807) is 0 Å². The predicted octanol–water partition coefficient (Wildman–Crippen LogP) is 3.89. The van der Waals surface area contributed by atoms with Gasteiger partial charge < -0.3 is 4.40 Å². The summed E-state index contributed by atoms with van der Waals surface area (Å²) < 4.78 is 4.47. The lowest BCUT2D eigenvalue weighted by Crippen LogP contribution is -2.30. The first kappa shape index (κ1) is 12.2. The number of benzene rings is 1. The molecule has 102 valence electrons. The van der Waals surface area contributed by atoms with Gasteiger partial charge in [-0.3, -0.25) is 0 Å². The molecule has 0 spiro atoms. The molecule has 4 aromatic rings. The second kappa shape index (κ2) is 4.45. The molecule has 2 nitrogen and oxygen atoms in total. The molecule has 0 unspecified atom stereocenters. The number of para-hydroxylation sites is 1. The number of hydrogen-bond donors (Lipinski definition) is 0. The Kier molecular flexibility index (Phi) is 2.58. The van der Waals surface area contributed by atoms with Gasteiger partial charge in [-0.2, -0.15) is 0 Å². The molecule has 1 aromatic carbocycles. The summed E-state index contributed by atoms with van der Waals surface area (Å²) in [4.78, 5) is 0. The van der Waals surface area contributed by atoms with Gasteiger partial charge in [0.15, 0.2) is 6.20 Å². The molecular formula is C19H17N2+. The number of rotatable bonds is 1. The normalized spacial score (nSPS) is 11.3. The van der Waals surface area contributed by atoms with Crippen LogP contribution in [0.2, 0.25) is 0 Å². The zero-order valence-electron chi connectivity index (χ0n) is 12.2. The van der Waals surface area contributed by atoms with Crippen molar-refractivity contribution in [3.63, 3.8) is 0 Å². The van der Waals surface area contributed by atoms with Crippen molar-refractivity contribution in [1.29, 1.82) is 0 Å². The molecular weight excluding hydrogens is 256 g/mol. The number of nitrogens with zero attached hydrogens (tertiary/aromatic N) is 2. The Morgan fingerprint density at radius 2 is 1.71 bits per heavy atom. The zero-order chi connectivity index (χ0) is 14.4. The first-order valence-electron chi connectivity index (χ1n) is 7.21. The molecule has 0 amide bonds. The fourth-order valence-electron chi connectivity index (χ4n) is 3.23. The summed E-state index contributed by atoms with van der Waals surface area (Å²) >= 11 is 0. The van der Waals surface area contributed by atoms with E-state index in [1.165, 1.54) is 33.2 Å². The van der Waals surface area contributed by atoms with Crippen LogP contribution in [-0.4, -0.2) is 4.40 Å². The molecule has 0 saturated carbocycles. The summed E-state index contributed by atoms with van der Waals surface area (Å²) in [5.74, 6) is 0. The number of fused-ring (bicyclic) bond motifs is 3. The quantitative estimate of drug-likeness (QED) is 0.465. The van der Waals surface area contributed by atoms with Crippen molar-refractivity contribution in [2.75, 3.05) is 0 Å². The maximum atomic E-state index is 2.30. The molecule has 0 radical (unpaired) electrons. The Morgan fingerprint density at radius 1 is 0.905 bits per heavy atom. The van der Waals surface area contributed by atoms with Crippen LogP contribution in [0.15, 0.2) is 67.0 Å². The predicted molar refractivity (Wildman–Crippen MR) is 86.3 cm³/mol. The molecule has 0 saturated heterocycles. The van der Waals surface area contributed by atoms with Gasteiger partial charge in [0.1, 0.15) is 7.05 Å². The zero-order valence-corrected chi connectivity index (χ0v) is 12.2. The molecule has 0 aliphatic rings. The number of pyridine rings is 2. The highest BCUT2D eigenvalue weighted by Gasteiger charge is 2.16. The molecule has 0 aliphatic carbocycles. The minimum absolute atomic E-state index is 1.23. The SMILES string of the molecule is Cc1c2ccccc2n2cccc(-c3cccc[n+]3C)c12. The van der Waals surface area contributed by atoms with E-state index in [2.05, 4.69) is 89.9 Å². The Balaban J connectivity index is 2.19. The van der Waals surface area contributed by atoms with Crippen LogP contribution in [0.4, 0.5) is 0 Å². The fourth-order valence-corrected chi connectivity index (χ4v) is 3.23. The van der Waals surface area contributed by atoms with Crippen molar-refractivity contribution >= 4 is 16.4 Å². The highest BCUT2D eigenvalue weighted by atomic mass is 14.9. The number of hydrogen-bond acceptors (Lipinski definition) is 0. The Bertz CT molecular complexity index is 964. The van der Waals surface area contributed by atoms with Gasteiger partial charge in [-0.1, -0.05) is 18.2 Å². The lowest BCUT2D eigenvalue weighted by atomic mass is 10.1. The average molecular weight is 273 g/mol. The van der Waals surface area contributed by atoms with Crippen LogP contribution in [0.3, 0.4) is 0 Å². The summed E-state index contributed by atoms with van der Waals surface area (Å²) in [7, 11) is 2.09. The van der Waals surface area contributed by atoms with E-state index in [1.807, 2.05) is 0 Å². The van der Waals surface area contributed by atoms with Crippen LogP contribution in [0.25, 0.3) is 27.7 Å². The van der Waals surface area contributed by atoms with Crippen LogP contribution < -0.4 is 4.57 Å². The van der Waals surface area contributed by atoms with Crippen molar-refractivity contribution in [2.45, 2.75) is 6.92 Å². The Hall–Kier alpha value is -2.61. The van der Waals surface area contributed by atoms with E-state index in [0.717, 1.165) is 0 Å². The lowest BCUT2D eigenvalue weighted by Gasteiger charge is -2.05. The van der Waals surface area contributed by atoms with E-state index >= 15 is 0 Å². The minimum atomic E-state index is 1.23. The van der Waals surface area contributed by atoms with Crippen molar-refractivity contribution in [3.05, 3.63) is 72.6 Å². The third-order valence-electron chi connectivity index (χ3n) is 4.25. The van der Waals surface area contributed by atoms with Gasteiger partial charge in [0.2, 0.25) is 5.69 Å². The smallest absolute Gasteiger partial charge is 0.214 e. The van der Waals surface area contributed by atoms with Crippen LogP contribution in [0.1, 0.15) is 5.56 Å². The van der Waals surface area contributed by atoms with E-state index in [4.69, 9.17) is 0 Å². The molecule has 21 heavy (non-hydrogen) atoms. The standard InChI is InChI=1S/C19H17N2/c1-14-15-8-3-4-11-18(15)21-13-7-9-16(19(14)21)17-10-5-6-12-20(17)2/h3-13H,1-2H3/q+1. The van der Waals surface area contributed by atoms with Crippen molar-refractivity contribution in [3.8, 4) is 11.3 Å². The Morgan fingerprint density at radius 3 is 2.57 bits per heavy atom. The van der Waals surface area contributed by atoms with Crippen molar-refractivity contribution in [1.82, 2.24) is 4.40 Å². The lowest BCUT2D eigenvalue weighted by molar-refractivity contribution is -0.660. The summed E-state index contributed by atoms with van der Waals surface area (Å²) in [6.45, 7) is 2.21. The molecule has 0 N–H and O–H groups in total. The molecule has 0 aliphatic heterocycles. The average Bonchev–Trinajstić information content (AvgIpc) is 2.82. The molecule has 0 fully saturated rings. The summed E-state index contributed by atoms with van der Waals surface area (Å²) in [5, 5.41) is 1.32. The van der Waals surface area contributed by atoms with Gasteiger partial charge in [0, 0.05) is 23.7 Å². The molecule has 0 bridgehead atoms. The summed E-state index contributed by atoms with van der Waals surface area (Å²) in [5.41, 5.74) is 6.40. The van der Waals surface area contributed by atoms with Gasteiger partial charge in [0.05, 0.1) is 16.6 Å². The highest BCUT2D eigenvalue weighted by molar-refractivity contribution is 5.97. The highest BCUT2D eigenvalue weighted by Crippen LogP contribution is 2.31. The second-order valence-electron chi connectivity index (χ2n) is 5.48. The summed E-state index contributed by atoms with van der Waals surface area (Å²) in [6.07, 6.45) is 4.24. The van der Waals surface area contributed by atoms with Gasteiger partial charge in [-0.15, -0.1) is 0 Å². The van der Waals surface area contributed by atoms with Gasteiger partial charge in [-0.25, -0.2) is 4.57 Å². The molecule has 0 atom stereocenters. The fraction of sp³-hybridized carbons (Fsp3) is 0.105. The second-order valence-corrected chi connectivity index (χ2v) is 5.48. The molecule has 2 heteroatoms. The van der Waals surface area contributed by atoms with Gasteiger partial charge in [-0.05, 0) is 36.8 Å². The third-order valence-corrected chi connectivity index (χ3v) is 4.25. The van der Waals surface area contributed by atoms with Gasteiger partial charge >= 0.3 is 0 Å². The van der Waals surface area contributed by atoms with Gasteiger partial charge in [0.25, 0.3) is 0 Å². The van der Waals surface area contributed by atoms with E-state index in [-0.39, 0.29) is 0 Å². The minimum Gasteiger partial charge on any atom is -0.315 e. The van der Waals surface area contributed by atoms with E-state index < -0.39 is 0 Å². The van der Waals surface area contributed by atoms with Crippen molar-refractivity contribution < 1.29 is 4.57 Å². The van der Waals surface area contributed by atoms with E-state index in [9.17, 15) is 0 Å².